The molecule has 0 aromatic heterocycles. The van der Waals surface area contributed by atoms with E-state index in [4.69, 9.17) is 4.74 Å². The number of carbonyl (C=O) groups is 1. The molecule has 4 nitrogen and oxygen atoms in total. The highest BCUT2D eigenvalue weighted by molar-refractivity contribution is 5.68. The van der Waals surface area contributed by atoms with Crippen molar-refractivity contribution in [3.05, 3.63) is 35.6 Å². The summed E-state index contributed by atoms with van der Waals surface area (Å²) in [5, 5.41) is 3.73. The summed E-state index contributed by atoms with van der Waals surface area (Å²) in [5.74, 6) is 0.412. The third-order valence-corrected chi connectivity index (χ3v) is 4.81. The van der Waals surface area contributed by atoms with Crippen molar-refractivity contribution in [1.29, 1.82) is 0 Å². The quantitative estimate of drug-likeness (QED) is 0.884. The van der Waals surface area contributed by atoms with E-state index in [2.05, 4.69) is 5.32 Å². The van der Waals surface area contributed by atoms with E-state index in [1.165, 1.54) is 25.0 Å². The van der Waals surface area contributed by atoms with Gasteiger partial charge in [0.2, 0.25) is 0 Å². The van der Waals surface area contributed by atoms with E-state index < -0.39 is 5.60 Å². The van der Waals surface area contributed by atoms with Gasteiger partial charge >= 0.3 is 6.09 Å². The lowest BCUT2D eigenvalue weighted by molar-refractivity contribution is 0.0182. The third kappa shape index (κ3) is 5.18. The Kier molecular flexibility index (Phi) is 5.32. The van der Waals surface area contributed by atoms with Crippen LogP contribution in [0.3, 0.4) is 0 Å². The van der Waals surface area contributed by atoms with Crippen LogP contribution in [0.25, 0.3) is 0 Å². The lowest BCUT2D eigenvalue weighted by Crippen LogP contribution is -2.50. The molecule has 3 rings (SSSR count). The molecular formula is C20H29FN2O2. The summed E-state index contributed by atoms with van der Waals surface area (Å²) >= 11 is 0. The monoisotopic (exact) mass is 348 g/mol. The molecule has 1 saturated heterocycles. The van der Waals surface area contributed by atoms with Gasteiger partial charge in [0, 0.05) is 25.2 Å². The van der Waals surface area contributed by atoms with Crippen LogP contribution in [0.5, 0.6) is 0 Å². The number of likely N-dealkylation sites (tertiary alicyclic amines) is 1. The maximum atomic E-state index is 13.2. The van der Waals surface area contributed by atoms with E-state index >= 15 is 0 Å². The minimum Gasteiger partial charge on any atom is -0.444 e. The number of halogens is 1. The first kappa shape index (κ1) is 18.2. The average molecular weight is 348 g/mol. The Balaban J connectivity index is 1.62. The van der Waals surface area contributed by atoms with Crippen molar-refractivity contribution in [3.8, 4) is 0 Å². The van der Waals surface area contributed by atoms with Gasteiger partial charge in [0.25, 0.3) is 0 Å². The van der Waals surface area contributed by atoms with E-state index in [1.807, 2.05) is 32.9 Å². The second-order valence-electron chi connectivity index (χ2n) is 8.30. The van der Waals surface area contributed by atoms with Crippen LogP contribution < -0.4 is 5.32 Å². The van der Waals surface area contributed by atoms with Crippen LogP contribution in [-0.4, -0.2) is 35.7 Å². The highest BCUT2D eigenvalue weighted by atomic mass is 19.1. The maximum Gasteiger partial charge on any atom is 0.410 e. The molecule has 1 aromatic rings. The standard InChI is InChI=1S/C20H29FN2O2/c1-20(2,3)25-19(24)23-12-4-5-17(13-23)22-18(14-6-7-14)15-8-10-16(21)11-9-15/h8-11,14,17-18,22H,4-7,12-13H2,1-3H3. The van der Waals surface area contributed by atoms with Crippen LogP contribution in [0.1, 0.15) is 58.1 Å². The summed E-state index contributed by atoms with van der Waals surface area (Å²) in [5.41, 5.74) is 0.667. The molecule has 1 aliphatic heterocycles. The van der Waals surface area contributed by atoms with E-state index in [-0.39, 0.29) is 24.0 Å². The molecular weight excluding hydrogens is 319 g/mol. The van der Waals surface area contributed by atoms with Crippen molar-refractivity contribution >= 4 is 6.09 Å². The predicted molar refractivity (Wildman–Crippen MR) is 95.8 cm³/mol. The lowest BCUT2D eigenvalue weighted by Gasteiger charge is -2.36. The van der Waals surface area contributed by atoms with Crippen LogP contribution in [0, 0.1) is 11.7 Å². The molecule has 0 radical (unpaired) electrons. The van der Waals surface area contributed by atoms with Crippen LogP contribution in [0.4, 0.5) is 9.18 Å². The largest absolute Gasteiger partial charge is 0.444 e. The molecule has 1 N–H and O–H groups in total. The molecule has 1 aliphatic carbocycles. The number of ether oxygens (including phenoxy) is 1. The first-order valence-electron chi connectivity index (χ1n) is 9.31. The SMILES string of the molecule is CC(C)(C)OC(=O)N1CCCC(NC(c2ccc(F)cc2)C2CC2)C1. The summed E-state index contributed by atoms with van der Waals surface area (Å²) < 4.78 is 18.7. The van der Waals surface area contributed by atoms with Crippen LogP contribution >= 0.6 is 0 Å². The zero-order valence-electron chi connectivity index (χ0n) is 15.4. The average Bonchev–Trinajstić information content (AvgIpc) is 3.37. The Morgan fingerprint density at radius 3 is 2.52 bits per heavy atom. The van der Waals surface area contributed by atoms with Gasteiger partial charge in [-0.1, -0.05) is 12.1 Å². The lowest BCUT2D eigenvalue weighted by atomic mass is 9.98. The maximum absolute atomic E-state index is 13.2. The van der Waals surface area contributed by atoms with Crippen molar-refractivity contribution < 1.29 is 13.9 Å². The number of nitrogens with one attached hydrogen (secondary N) is 1. The zero-order valence-corrected chi connectivity index (χ0v) is 15.4. The van der Waals surface area contributed by atoms with Gasteiger partial charge in [-0.3, -0.25) is 0 Å². The second-order valence-corrected chi connectivity index (χ2v) is 8.30. The summed E-state index contributed by atoms with van der Waals surface area (Å²) in [7, 11) is 0. The van der Waals surface area contributed by atoms with Crippen molar-refractivity contribution in [3.63, 3.8) is 0 Å². The van der Waals surface area contributed by atoms with E-state index in [0.29, 0.717) is 12.5 Å². The number of benzene rings is 1. The van der Waals surface area contributed by atoms with Crippen molar-refractivity contribution in [2.24, 2.45) is 5.92 Å². The van der Waals surface area contributed by atoms with E-state index in [1.54, 1.807) is 4.90 Å². The number of nitrogens with zero attached hydrogens (tertiary/aromatic N) is 1. The van der Waals surface area contributed by atoms with Gasteiger partial charge in [-0.15, -0.1) is 0 Å². The molecule has 1 heterocycles. The van der Waals surface area contributed by atoms with Crippen LogP contribution in [0.15, 0.2) is 24.3 Å². The Morgan fingerprint density at radius 2 is 1.92 bits per heavy atom. The number of rotatable bonds is 4. The predicted octanol–water partition coefficient (Wildman–Crippen LogP) is 4.27. The summed E-state index contributed by atoms with van der Waals surface area (Å²) in [6.45, 7) is 7.09. The Bertz CT molecular complexity index is 593. The number of carbonyl (C=O) groups excluding carboxylic acids is 1. The van der Waals surface area contributed by atoms with Gasteiger partial charge in [0.05, 0.1) is 0 Å². The van der Waals surface area contributed by atoms with Gasteiger partial charge < -0.3 is 15.0 Å². The zero-order chi connectivity index (χ0) is 18.0. The van der Waals surface area contributed by atoms with E-state index in [9.17, 15) is 9.18 Å². The van der Waals surface area contributed by atoms with Crippen molar-refractivity contribution in [2.45, 2.75) is 64.1 Å². The molecule has 1 saturated carbocycles. The normalized spacial score (nSPS) is 22.6. The number of hydrogen-bond acceptors (Lipinski definition) is 3. The number of piperidine rings is 1. The summed E-state index contributed by atoms with van der Waals surface area (Å²) in [6, 6.07) is 7.29. The highest BCUT2D eigenvalue weighted by Gasteiger charge is 2.35. The number of hydrogen-bond donors (Lipinski definition) is 1. The van der Waals surface area contributed by atoms with Gasteiger partial charge in [-0.05, 0) is 70.1 Å². The minimum absolute atomic E-state index is 0.202. The number of amides is 1. The summed E-state index contributed by atoms with van der Waals surface area (Å²) in [4.78, 5) is 14.1. The smallest absolute Gasteiger partial charge is 0.410 e. The Labute approximate surface area is 149 Å². The molecule has 2 aliphatic rings. The van der Waals surface area contributed by atoms with Gasteiger partial charge in [0.1, 0.15) is 11.4 Å². The molecule has 2 atom stereocenters. The van der Waals surface area contributed by atoms with Crippen LogP contribution in [0.2, 0.25) is 0 Å². The highest BCUT2D eigenvalue weighted by Crippen LogP contribution is 2.41. The third-order valence-electron chi connectivity index (χ3n) is 4.81. The fourth-order valence-corrected chi connectivity index (χ4v) is 3.46. The van der Waals surface area contributed by atoms with Crippen LogP contribution in [-0.2, 0) is 4.74 Å². The molecule has 138 valence electrons. The molecule has 0 bridgehead atoms. The fourth-order valence-electron chi connectivity index (χ4n) is 3.46. The Morgan fingerprint density at radius 1 is 1.24 bits per heavy atom. The molecule has 2 unspecified atom stereocenters. The van der Waals surface area contributed by atoms with E-state index in [0.717, 1.165) is 24.9 Å². The molecule has 2 fully saturated rings. The van der Waals surface area contributed by atoms with Crippen molar-refractivity contribution in [2.75, 3.05) is 13.1 Å². The van der Waals surface area contributed by atoms with Gasteiger partial charge in [0.15, 0.2) is 0 Å². The first-order chi connectivity index (χ1) is 11.8. The molecule has 1 aromatic carbocycles. The minimum atomic E-state index is -0.470. The molecule has 1 amide bonds. The topological polar surface area (TPSA) is 41.6 Å². The first-order valence-corrected chi connectivity index (χ1v) is 9.31. The molecule has 5 heteroatoms. The second kappa shape index (κ2) is 7.32. The van der Waals surface area contributed by atoms with Crippen molar-refractivity contribution in [1.82, 2.24) is 10.2 Å². The molecule has 0 spiro atoms. The fraction of sp³-hybridized carbons (Fsp3) is 0.650. The van der Waals surface area contributed by atoms with Gasteiger partial charge in [-0.25, -0.2) is 9.18 Å². The Hall–Kier alpha value is -1.62. The summed E-state index contributed by atoms with van der Waals surface area (Å²) in [6.07, 6.45) is 4.19. The molecule has 25 heavy (non-hydrogen) atoms. The van der Waals surface area contributed by atoms with Gasteiger partial charge in [-0.2, -0.15) is 0 Å².